The number of hydrogen-bond acceptors (Lipinski definition) is 6. The summed E-state index contributed by atoms with van der Waals surface area (Å²) in [5.41, 5.74) is 3.22. The maximum Gasteiger partial charge on any atom is 0.168 e. The second-order valence-corrected chi connectivity index (χ2v) is 7.97. The van der Waals surface area contributed by atoms with Crippen molar-refractivity contribution >= 4 is 5.82 Å². The van der Waals surface area contributed by atoms with Crippen LogP contribution in [0.15, 0.2) is 24.4 Å². The van der Waals surface area contributed by atoms with Gasteiger partial charge in [0.1, 0.15) is 12.4 Å². The highest BCUT2D eigenvalue weighted by Gasteiger charge is 2.26. The van der Waals surface area contributed by atoms with E-state index in [-0.39, 0.29) is 0 Å². The Balaban J connectivity index is 1.37. The molecular formula is C22H30N4O2. The number of piperidine rings is 1. The van der Waals surface area contributed by atoms with E-state index in [4.69, 9.17) is 9.47 Å². The van der Waals surface area contributed by atoms with Crippen molar-refractivity contribution in [1.29, 1.82) is 0 Å². The van der Waals surface area contributed by atoms with Crippen molar-refractivity contribution in [1.82, 2.24) is 14.9 Å². The van der Waals surface area contributed by atoms with Gasteiger partial charge in [0.15, 0.2) is 11.6 Å². The molecular weight excluding hydrogens is 352 g/mol. The number of rotatable bonds is 5. The fourth-order valence-corrected chi connectivity index (χ4v) is 4.15. The van der Waals surface area contributed by atoms with Gasteiger partial charge in [0.25, 0.3) is 0 Å². The normalized spacial score (nSPS) is 20.6. The molecule has 2 aliphatic rings. The Labute approximate surface area is 167 Å². The number of pyridine rings is 2. The van der Waals surface area contributed by atoms with Gasteiger partial charge in [-0.3, -0.25) is 9.88 Å². The Bertz CT molecular complexity index is 806. The number of nitrogens with one attached hydrogen (secondary N) is 1. The predicted octanol–water partition coefficient (Wildman–Crippen LogP) is 3.75. The molecule has 0 aliphatic carbocycles. The fourth-order valence-electron chi connectivity index (χ4n) is 4.15. The van der Waals surface area contributed by atoms with Crippen LogP contribution in [0.5, 0.6) is 11.5 Å². The molecule has 2 unspecified atom stereocenters. The van der Waals surface area contributed by atoms with Crippen molar-refractivity contribution < 1.29 is 9.47 Å². The van der Waals surface area contributed by atoms with E-state index >= 15 is 0 Å². The van der Waals surface area contributed by atoms with Crippen molar-refractivity contribution in [2.75, 3.05) is 38.2 Å². The lowest BCUT2D eigenvalue weighted by Crippen LogP contribution is -2.39. The van der Waals surface area contributed by atoms with Crippen LogP contribution in [0.1, 0.15) is 42.8 Å². The summed E-state index contributed by atoms with van der Waals surface area (Å²) in [6.45, 7) is 10.7. The van der Waals surface area contributed by atoms with Gasteiger partial charge >= 0.3 is 0 Å². The first-order chi connectivity index (χ1) is 13.6. The molecule has 28 heavy (non-hydrogen) atoms. The Morgan fingerprint density at radius 1 is 1.29 bits per heavy atom. The van der Waals surface area contributed by atoms with Gasteiger partial charge in [0.2, 0.25) is 0 Å². The van der Waals surface area contributed by atoms with Crippen LogP contribution in [0.2, 0.25) is 0 Å². The number of hydrogen-bond donors (Lipinski definition) is 1. The van der Waals surface area contributed by atoms with Crippen LogP contribution in [0, 0.1) is 19.8 Å². The van der Waals surface area contributed by atoms with Gasteiger partial charge in [0.05, 0.1) is 13.2 Å². The summed E-state index contributed by atoms with van der Waals surface area (Å²) >= 11 is 0. The quantitative estimate of drug-likeness (QED) is 0.850. The van der Waals surface area contributed by atoms with E-state index in [1.54, 1.807) is 0 Å². The second kappa shape index (κ2) is 8.35. The Hall–Kier alpha value is -2.34. The number of anilines is 1. The highest BCUT2D eigenvalue weighted by molar-refractivity contribution is 5.52. The van der Waals surface area contributed by atoms with E-state index in [1.807, 2.05) is 32.2 Å². The molecule has 2 atom stereocenters. The number of nitrogens with zero attached hydrogens (tertiary/aromatic N) is 3. The van der Waals surface area contributed by atoms with Gasteiger partial charge in [-0.15, -0.1) is 0 Å². The van der Waals surface area contributed by atoms with Crippen LogP contribution < -0.4 is 14.8 Å². The molecule has 0 radical (unpaired) electrons. The smallest absolute Gasteiger partial charge is 0.168 e. The molecule has 0 saturated carbocycles. The fraction of sp³-hybridized carbons (Fsp3) is 0.545. The van der Waals surface area contributed by atoms with E-state index in [9.17, 15) is 0 Å². The molecule has 0 bridgehead atoms. The van der Waals surface area contributed by atoms with E-state index < -0.39 is 0 Å². The molecule has 2 aromatic rings. The zero-order valence-corrected chi connectivity index (χ0v) is 17.1. The first-order valence-corrected chi connectivity index (χ1v) is 10.3. The van der Waals surface area contributed by atoms with Crippen molar-refractivity contribution in [3.8, 4) is 11.5 Å². The summed E-state index contributed by atoms with van der Waals surface area (Å²) in [4.78, 5) is 11.5. The van der Waals surface area contributed by atoms with Crippen LogP contribution in [-0.2, 0) is 0 Å². The SMILES string of the molecule is Cc1cc(OCC2CCCN(C(C)c3cnc4c(c3)OCCN4)C2)cc(C)n1. The van der Waals surface area contributed by atoms with E-state index in [1.165, 1.54) is 18.4 Å². The third-order valence-electron chi connectivity index (χ3n) is 5.65. The molecule has 6 heteroatoms. The van der Waals surface area contributed by atoms with Gasteiger partial charge in [-0.25, -0.2) is 4.98 Å². The molecule has 0 amide bonds. The molecule has 4 rings (SSSR count). The first kappa shape index (κ1) is 19.0. The third kappa shape index (κ3) is 4.38. The van der Waals surface area contributed by atoms with Crippen LogP contribution in [0.25, 0.3) is 0 Å². The average Bonchev–Trinajstić information content (AvgIpc) is 2.71. The molecule has 2 aliphatic heterocycles. The molecule has 1 N–H and O–H groups in total. The minimum Gasteiger partial charge on any atom is -0.493 e. The number of aromatic nitrogens is 2. The maximum atomic E-state index is 6.11. The standard InChI is InChI=1S/C22H30N4O2/c1-15-9-20(10-16(2)25-15)28-14-18-5-4-7-26(13-18)17(3)19-11-21-22(24-12-19)23-6-8-27-21/h9-12,17-18H,4-8,13-14H2,1-3H3,(H,23,24). The zero-order valence-electron chi connectivity index (χ0n) is 17.1. The van der Waals surface area contributed by atoms with Gasteiger partial charge < -0.3 is 14.8 Å². The molecule has 2 aromatic heterocycles. The lowest BCUT2D eigenvalue weighted by molar-refractivity contribution is 0.100. The van der Waals surface area contributed by atoms with E-state index in [0.29, 0.717) is 18.6 Å². The summed E-state index contributed by atoms with van der Waals surface area (Å²) in [7, 11) is 0. The Kier molecular flexibility index (Phi) is 5.67. The summed E-state index contributed by atoms with van der Waals surface area (Å²) < 4.78 is 11.9. The van der Waals surface area contributed by atoms with Crippen molar-refractivity contribution in [2.24, 2.45) is 5.92 Å². The highest BCUT2D eigenvalue weighted by Crippen LogP contribution is 2.32. The van der Waals surface area contributed by atoms with Gasteiger partial charge in [-0.05, 0) is 51.8 Å². The molecule has 1 fully saturated rings. The van der Waals surface area contributed by atoms with Gasteiger partial charge in [-0.1, -0.05) is 0 Å². The lowest BCUT2D eigenvalue weighted by Gasteiger charge is -2.37. The van der Waals surface area contributed by atoms with Crippen molar-refractivity contribution in [3.63, 3.8) is 0 Å². The minimum atomic E-state index is 0.316. The van der Waals surface area contributed by atoms with Gasteiger partial charge in [0, 0.05) is 48.2 Å². The first-order valence-electron chi connectivity index (χ1n) is 10.3. The Morgan fingerprint density at radius 2 is 2.11 bits per heavy atom. The molecule has 0 aromatic carbocycles. The summed E-state index contributed by atoms with van der Waals surface area (Å²) in [6, 6.07) is 6.49. The average molecular weight is 383 g/mol. The van der Waals surface area contributed by atoms with Crippen LogP contribution >= 0.6 is 0 Å². The van der Waals surface area contributed by atoms with E-state index in [0.717, 1.165) is 54.9 Å². The van der Waals surface area contributed by atoms with Crippen molar-refractivity contribution in [3.05, 3.63) is 41.3 Å². The zero-order chi connectivity index (χ0) is 19.5. The number of fused-ring (bicyclic) bond motifs is 1. The van der Waals surface area contributed by atoms with E-state index in [2.05, 4.69) is 33.2 Å². The van der Waals surface area contributed by atoms with Crippen molar-refractivity contribution in [2.45, 2.75) is 39.7 Å². The Morgan fingerprint density at radius 3 is 2.93 bits per heavy atom. The summed E-state index contributed by atoms with van der Waals surface area (Å²) in [5, 5.41) is 3.28. The summed E-state index contributed by atoms with van der Waals surface area (Å²) in [5.74, 6) is 3.19. The maximum absolute atomic E-state index is 6.11. The van der Waals surface area contributed by atoms with Crippen LogP contribution in [0.3, 0.4) is 0 Å². The minimum absolute atomic E-state index is 0.316. The largest absolute Gasteiger partial charge is 0.493 e. The second-order valence-electron chi connectivity index (χ2n) is 7.97. The molecule has 4 heterocycles. The number of aryl methyl sites for hydroxylation is 2. The molecule has 1 saturated heterocycles. The predicted molar refractivity (Wildman–Crippen MR) is 110 cm³/mol. The molecule has 0 spiro atoms. The number of ether oxygens (including phenoxy) is 2. The topological polar surface area (TPSA) is 59.5 Å². The number of likely N-dealkylation sites (tertiary alicyclic amines) is 1. The monoisotopic (exact) mass is 382 g/mol. The highest BCUT2D eigenvalue weighted by atomic mass is 16.5. The van der Waals surface area contributed by atoms with Crippen LogP contribution in [0.4, 0.5) is 5.82 Å². The summed E-state index contributed by atoms with van der Waals surface area (Å²) in [6.07, 6.45) is 4.39. The third-order valence-corrected chi connectivity index (χ3v) is 5.65. The lowest BCUT2D eigenvalue weighted by atomic mass is 9.96. The van der Waals surface area contributed by atoms with Gasteiger partial charge in [-0.2, -0.15) is 0 Å². The molecule has 150 valence electrons. The molecule has 6 nitrogen and oxygen atoms in total. The van der Waals surface area contributed by atoms with Crippen LogP contribution in [-0.4, -0.2) is 47.7 Å².